The summed E-state index contributed by atoms with van der Waals surface area (Å²) in [4.78, 5) is 10.7. The second-order valence-electron chi connectivity index (χ2n) is 2.87. The normalized spacial score (nSPS) is 21.3. The van der Waals surface area contributed by atoms with Crippen molar-refractivity contribution in [2.75, 3.05) is 0 Å². The largest absolute Gasteiger partial charge is 0.403 e. The van der Waals surface area contributed by atoms with E-state index in [9.17, 15) is 18.0 Å². The minimum atomic E-state index is -4.56. The van der Waals surface area contributed by atoms with Gasteiger partial charge in [-0.05, 0) is 12.8 Å². The molecule has 0 aromatic heterocycles. The van der Waals surface area contributed by atoms with Gasteiger partial charge in [0.15, 0.2) is 0 Å². The van der Waals surface area contributed by atoms with Crippen LogP contribution < -0.4 is 5.48 Å². The molecule has 1 aliphatic rings. The highest BCUT2D eigenvalue weighted by molar-refractivity contribution is 5.83. The van der Waals surface area contributed by atoms with Crippen molar-refractivity contribution in [1.82, 2.24) is 5.48 Å². The molecule has 0 bridgehead atoms. The summed E-state index contributed by atoms with van der Waals surface area (Å²) in [6.45, 7) is 0. The van der Waals surface area contributed by atoms with Gasteiger partial charge >= 0.3 is 6.18 Å². The van der Waals surface area contributed by atoms with Gasteiger partial charge in [0.05, 0.1) is 0 Å². The van der Waals surface area contributed by atoms with Gasteiger partial charge in [0.2, 0.25) is 0 Å². The van der Waals surface area contributed by atoms with E-state index in [4.69, 9.17) is 5.21 Å². The number of carbonyl (C=O) groups is 1. The molecule has 1 fully saturated rings. The smallest absolute Gasteiger partial charge is 0.289 e. The number of nitrogens with one attached hydrogen (secondary N) is 1. The van der Waals surface area contributed by atoms with Crippen molar-refractivity contribution >= 4 is 5.91 Å². The van der Waals surface area contributed by atoms with Crippen LogP contribution in [0.3, 0.4) is 0 Å². The van der Waals surface area contributed by atoms with Gasteiger partial charge in [-0.1, -0.05) is 6.42 Å². The van der Waals surface area contributed by atoms with Crippen molar-refractivity contribution in [2.45, 2.75) is 25.4 Å². The van der Waals surface area contributed by atoms with Crippen LogP contribution in [0.25, 0.3) is 0 Å². The average molecular weight is 183 g/mol. The van der Waals surface area contributed by atoms with Crippen LogP contribution in [0.1, 0.15) is 19.3 Å². The van der Waals surface area contributed by atoms with E-state index in [0.717, 1.165) is 5.48 Å². The molecule has 6 heteroatoms. The molecule has 0 aliphatic heterocycles. The molecule has 0 aromatic rings. The van der Waals surface area contributed by atoms with E-state index in [2.05, 4.69) is 0 Å². The zero-order chi connectivity index (χ0) is 9.41. The fourth-order valence-corrected chi connectivity index (χ4v) is 1.28. The Morgan fingerprint density at radius 2 is 1.92 bits per heavy atom. The minimum absolute atomic E-state index is 0.233. The van der Waals surface area contributed by atoms with Crippen LogP contribution in [-0.2, 0) is 4.79 Å². The molecule has 70 valence electrons. The van der Waals surface area contributed by atoms with E-state index in [0.29, 0.717) is 6.42 Å². The maximum absolute atomic E-state index is 12.2. The molecule has 1 saturated carbocycles. The predicted molar refractivity (Wildman–Crippen MR) is 32.3 cm³/mol. The molecule has 0 radical (unpaired) electrons. The third-order valence-corrected chi connectivity index (χ3v) is 2.29. The van der Waals surface area contributed by atoms with Crippen molar-refractivity contribution in [3.8, 4) is 0 Å². The fraction of sp³-hybridized carbons (Fsp3) is 0.833. The molecule has 0 spiro atoms. The van der Waals surface area contributed by atoms with E-state index >= 15 is 0 Å². The molecule has 1 rings (SSSR count). The Morgan fingerprint density at radius 3 is 2.00 bits per heavy atom. The van der Waals surface area contributed by atoms with Gasteiger partial charge in [-0.25, -0.2) is 5.48 Å². The Hall–Kier alpha value is -0.780. The van der Waals surface area contributed by atoms with Crippen LogP contribution in [0.4, 0.5) is 13.2 Å². The fourth-order valence-electron chi connectivity index (χ4n) is 1.28. The van der Waals surface area contributed by atoms with E-state index in [1.807, 2.05) is 0 Å². The van der Waals surface area contributed by atoms with Crippen molar-refractivity contribution in [3.63, 3.8) is 0 Å². The maximum atomic E-state index is 12.2. The SMILES string of the molecule is O=C(NO)C1(C(F)(F)F)CCC1. The zero-order valence-corrected chi connectivity index (χ0v) is 6.11. The molecule has 0 heterocycles. The number of rotatable bonds is 1. The summed E-state index contributed by atoms with van der Waals surface area (Å²) >= 11 is 0. The molecule has 0 atom stereocenters. The lowest BCUT2D eigenvalue weighted by Crippen LogP contribution is -2.54. The second kappa shape index (κ2) is 2.62. The van der Waals surface area contributed by atoms with Crippen LogP contribution in [0, 0.1) is 5.41 Å². The Balaban J connectivity index is 2.83. The molecular weight excluding hydrogens is 175 g/mol. The highest BCUT2D eigenvalue weighted by Crippen LogP contribution is 2.52. The lowest BCUT2D eigenvalue weighted by atomic mass is 9.67. The van der Waals surface area contributed by atoms with Crippen molar-refractivity contribution < 1.29 is 23.2 Å². The molecular formula is C6H8F3NO2. The first-order valence-corrected chi connectivity index (χ1v) is 3.45. The molecule has 0 unspecified atom stereocenters. The van der Waals surface area contributed by atoms with Gasteiger partial charge in [-0.15, -0.1) is 0 Å². The predicted octanol–water partition coefficient (Wildman–Crippen LogP) is 1.22. The summed E-state index contributed by atoms with van der Waals surface area (Å²) in [6.07, 6.45) is -4.66. The third kappa shape index (κ3) is 1.06. The van der Waals surface area contributed by atoms with E-state index in [1.165, 1.54) is 0 Å². The first-order valence-electron chi connectivity index (χ1n) is 3.45. The van der Waals surface area contributed by atoms with Crippen molar-refractivity contribution in [3.05, 3.63) is 0 Å². The third-order valence-electron chi connectivity index (χ3n) is 2.29. The molecule has 2 N–H and O–H groups in total. The highest BCUT2D eigenvalue weighted by atomic mass is 19.4. The molecule has 3 nitrogen and oxygen atoms in total. The Bertz CT molecular complexity index is 197. The van der Waals surface area contributed by atoms with Gasteiger partial charge in [0.1, 0.15) is 5.41 Å². The summed E-state index contributed by atoms with van der Waals surface area (Å²) < 4.78 is 36.7. The lowest BCUT2D eigenvalue weighted by molar-refractivity contribution is -0.246. The number of halogens is 3. The molecule has 0 saturated heterocycles. The van der Waals surface area contributed by atoms with Gasteiger partial charge in [-0.2, -0.15) is 13.2 Å². The number of hydrogen-bond acceptors (Lipinski definition) is 2. The Morgan fingerprint density at radius 1 is 1.42 bits per heavy atom. The van der Waals surface area contributed by atoms with Crippen molar-refractivity contribution in [2.24, 2.45) is 5.41 Å². The van der Waals surface area contributed by atoms with E-state index in [-0.39, 0.29) is 12.8 Å². The average Bonchev–Trinajstić information content (AvgIpc) is 1.81. The van der Waals surface area contributed by atoms with Gasteiger partial charge < -0.3 is 0 Å². The topological polar surface area (TPSA) is 49.3 Å². The summed E-state index contributed by atoms with van der Waals surface area (Å²) in [5.41, 5.74) is -1.28. The minimum Gasteiger partial charge on any atom is -0.289 e. The highest BCUT2D eigenvalue weighted by Gasteiger charge is 2.63. The van der Waals surface area contributed by atoms with Crippen LogP contribution in [0.2, 0.25) is 0 Å². The number of hydroxylamine groups is 1. The van der Waals surface area contributed by atoms with Gasteiger partial charge in [0, 0.05) is 0 Å². The summed E-state index contributed by atoms with van der Waals surface area (Å²) in [7, 11) is 0. The Labute approximate surface area is 66.5 Å². The van der Waals surface area contributed by atoms with Crippen LogP contribution in [-0.4, -0.2) is 17.3 Å². The first kappa shape index (κ1) is 9.31. The number of amides is 1. The van der Waals surface area contributed by atoms with Crippen LogP contribution >= 0.6 is 0 Å². The molecule has 12 heavy (non-hydrogen) atoms. The summed E-state index contributed by atoms with van der Waals surface area (Å²) in [5, 5.41) is 8.10. The van der Waals surface area contributed by atoms with E-state index in [1.54, 1.807) is 0 Å². The summed E-state index contributed by atoms with van der Waals surface area (Å²) in [6, 6.07) is 0. The second-order valence-corrected chi connectivity index (χ2v) is 2.87. The molecule has 1 amide bonds. The van der Waals surface area contributed by atoms with Crippen LogP contribution in [0.15, 0.2) is 0 Å². The van der Waals surface area contributed by atoms with E-state index < -0.39 is 17.5 Å². The first-order chi connectivity index (χ1) is 5.44. The Kier molecular flexibility index (Phi) is 2.03. The van der Waals surface area contributed by atoms with Crippen LogP contribution in [0.5, 0.6) is 0 Å². The summed E-state index contributed by atoms with van der Waals surface area (Å²) in [5.74, 6) is -1.35. The number of carbonyl (C=O) groups excluding carboxylic acids is 1. The zero-order valence-electron chi connectivity index (χ0n) is 6.11. The van der Waals surface area contributed by atoms with Crippen molar-refractivity contribution in [1.29, 1.82) is 0 Å². The maximum Gasteiger partial charge on any atom is 0.403 e. The lowest BCUT2D eigenvalue weighted by Gasteiger charge is -2.40. The van der Waals surface area contributed by atoms with Gasteiger partial charge in [-0.3, -0.25) is 10.0 Å². The molecule has 1 aliphatic carbocycles. The quantitative estimate of drug-likeness (QED) is 0.474. The monoisotopic (exact) mass is 183 g/mol. The molecule has 0 aromatic carbocycles. The number of hydrogen-bond donors (Lipinski definition) is 2. The standard InChI is InChI=1S/C6H8F3NO2/c7-6(8,9)5(2-1-3-5)4(11)10-12/h12H,1-3H2,(H,10,11). The van der Waals surface area contributed by atoms with Gasteiger partial charge in [0.25, 0.3) is 5.91 Å². The number of alkyl halides is 3.